The maximum Gasteiger partial charge on any atom is 0.383 e. The van der Waals surface area contributed by atoms with Gasteiger partial charge in [0.05, 0.1) is 27.9 Å². The molecule has 1 aliphatic carbocycles. The van der Waals surface area contributed by atoms with Crippen LogP contribution in [0.25, 0.3) is 0 Å². The van der Waals surface area contributed by atoms with Crippen molar-refractivity contribution in [1.29, 1.82) is 0 Å². The number of rotatable bonds is 7. The Hall–Kier alpha value is -2.70. The van der Waals surface area contributed by atoms with E-state index >= 15 is 0 Å². The maximum atomic E-state index is 14.2. The number of nitrogens with one attached hydrogen (secondary N) is 3. The first-order valence-electron chi connectivity index (χ1n) is 9.39. The van der Waals surface area contributed by atoms with E-state index in [1.54, 1.807) is 0 Å². The molecule has 2 aromatic rings. The highest BCUT2D eigenvalue weighted by Crippen LogP contribution is 2.53. The quantitative estimate of drug-likeness (QED) is 0.293. The Labute approximate surface area is 207 Å². The minimum absolute atomic E-state index is 0.0994. The number of carbonyl (C=O) groups excluding carboxylic acids is 3. The Morgan fingerprint density at radius 2 is 1.54 bits per heavy atom. The van der Waals surface area contributed by atoms with Gasteiger partial charge in [0, 0.05) is 11.8 Å². The summed E-state index contributed by atoms with van der Waals surface area (Å²) in [6.07, 6.45) is -4.17. The maximum absolute atomic E-state index is 14.2. The summed E-state index contributed by atoms with van der Waals surface area (Å²) < 4.78 is 77.9. The van der Waals surface area contributed by atoms with Crippen LogP contribution in [0.3, 0.4) is 0 Å². The van der Waals surface area contributed by atoms with Crippen LogP contribution in [-0.2, 0) is 9.59 Å². The van der Waals surface area contributed by atoms with Gasteiger partial charge in [0.2, 0.25) is 5.91 Å². The Morgan fingerprint density at radius 1 is 0.971 bits per heavy atom. The van der Waals surface area contributed by atoms with Crippen LogP contribution in [0.15, 0.2) is 30.3 Å². The average Bonchev–Trinajstić information content (AvgIpc) is 3.40. The van der Waals surface area contributed by atoms with Crippen molar-refractivity contribution in [1.82, 2.24) is 0 Å². The van der Waals surface area contributed by atoms with Crippen LogP contribution >= 0.6 is 34.8 Å². The number of carbonyl (C=O) groups is 3. The number of hydrogen-bond acceptors (Lipinski definition) is 3. The molecule has 1 unspecified atom stereocenters. The molecule has 0 heterocycles. The molecule has 6 nitrogen and oxygen atoms in total. The van der Waals surface area contributed by atoms with Crippen molar-refractivity contribution in [2.24, 2.45) is 5.92 Å². The Morgan fingerprint density at radius 3 is 2.09 bits per heavy atom. The largest absolute Gasteiger partial charge is 0.383 e. The zero-order valence-corrected chi connectivity index (χ0v) is 19.1. The molecule has 0 aliphatic heterocycles. The van der Waals surface area contributed by atoms with Gasteiger partial charge in [0.1, 0.15) is 16.0 Å². The highest BCUT2D eigenvalue weighted by Gasteiger charge is 2.56. The lowest BCUT2D eigenvalue weighted by molar-refractivity contribution is -0.163. The van der Waals surface area contributed by atoms with Crippen LogP contribution in [-0.4, -0.2) is 34.4 Å². The van der Waals surface area contributed by atoms with Crippen LogP contribution in [0.5, 0.6) is 0 Å². The minimum atomic E-state index is -5.16. The van der Waals surface area contributed by atoms with E-state index in [0.717, 1.165) is 6.07 Å². The highest BCUT2D eigenvalue weighted by molar-refractivity contribution is 6.52. The first kappa shape index (κ1) is 26.9. The molecule has 15 heteroatoms. The summed E-state index contributed by atoms with van der Waals surface area (Å²) in [4.78, 5) is 36.1. The summed E-state index contributed by atoms with van der Waals surface area (Å²) in [6, 6.07) is 4.24. The smallest absolute Gasteiger partial charge is 0.326 e. The first-order chi connectivity index (χ1) is 16.1. The molecule has 3 rings (SSSR count). The van der Waals surface area contributed by atoms with Gasteiger partial charge < -0.3 is 16.0 Å². The molecule has 0 aromatic heterocycles. The van der Waals surface area contributed by atoms with Crippen LogP contribution in [0.2, 0.25) is 5.02 Å². The van der Waals surface area contributed by atoms with Crippen molar-refractivity contribution < 1.29 is 40.7 Å². The molecule has 3 N–H and O–H groups in total. The zero-order valence-electron chi connectivity index (χ0n) is 16.9. The Kier molecular flexibility index (Phi) is 7.49. The average molecular weight is 563 g/mol. The van der Waals surface area contributed by atoms with E-state index in [0.29, 0.717) is 6.07 Å². The summed E-state index contributed by atoms with van der Waals surface area (Å²) in [5, 5.41) is 5.53. The number of halogens is 9. The van der Waals surface area contributed by atoms with Gasteiger partial charge in [0.15, 0.2) is 0 Å². The summed E-state index contributed by atoms with van der Waals surface area (Å²) >= 11 is 17.6. The van der Waals surface area contributed by atoms with E-state index in [9.17, 15) is 40.7 Å². The number of benzene rings is 2. The van der Waals surface area contributed by atoms with Gasteiger partial charge in [-0.25, -0.2) is 17.6 Å². The van der Waals surface area contributed by atoms with Crippen LogP contribution in [0.1, 0.15) is 16.8 Å². The highest BCUT2D eigenvalue weighted by atomic mass is 35.5. The van der Waals surface area contributed by atoms with Crippen LogP contribution in [0.4, 0.5) is 43.4 Å². The third-order valence-electron chi connectivity index (χ3n) is 4.75. The molecule has 1 saturated carbocycles. The normalized spacial score (nSPS) is 16.6. The lowest BCUT2D eigenvalue weighted by Gasteiger charge is -2.16. The molecule has 0 saturated heterocycles. The monoisotopic (exact) mass is 561 g/mol. The fourth-order valence-corrected chi connectivity index (χ4v) is 3.45. The van der Waals surface area contributed by atoms with E-state index in [-0.39, 0.29) is 28.8 Å². The standard InChI is InChI=1S/C20H12Cl3F6N3O3/c21-10-2-1-7(30-16(34)9-6-19(9,22)23)3-8(10)15(33)31-13-5-14(12(25)4-11(13)24)32-18(35)20(28,29)17(26)27/h1-5,9,17H,6H2,(H,30,34)(H,31,33)(H,32,35). The Bertz CT molecular complexity index is 1210. The fourth-order valence-electron chi connectivity index (χ4n) is 2.74. The summed E-state index contributed by atoms with van der Waals surface area (Å²) in [6.45, 7) is 0. The number of anilines is 3. The molecule has 1 atom stereocenters. The number of amides is 3. The molecule has 3 amide bonds. The van der Waals surface area contributed by atoms with Gasteiger partial charge >= 0.3 is 18.3 Å². The van der Waals surface area contributed by atoms with E-state index in [4.69, 9.17) is 34.8 Å². The molecule has 0 spiro atoms. The molecule has 0 bridgehead atoms. The van der Waals surface area contributed by atoms with E-state index < -0.39 is 63.3 Å². The molecular formula is C20H12Cl3F6N3O3. The Balaban J connectivity index is 1.80. The second-order valence-electron chi connectivity index (χ2n) is 7.35. The van der Waals surface area contributed by atoms with Crippen LogP contribution in [0, 0.1) is 17.6 Å². The van der Waals surface area contributed by atoms with Gasteiger partial charge in [-0.05, 0) is 30.7 Å². The number of hydrogen-bond donors (Lipinski definition) is 3. The van der Waals surface area contributed by atoms with Crippen molar-refractivity contribution >= 4 is 69.6 Å². The lowest BCUT2D eigenvalue weighted by atomic mass is 10.1. The molecule has 1 aliphatic rings. The van der Waals surface area contributed by atoms with Crippen molar-refractivity contribution in [3.63, 3.8) is 0 Å². The van der Waals surface area contributed by atoms with E-state index in [1.165, 1.54) is 17.4 Å². The molecule has 1 fully saturated rings. The van der Waals surface area contributed by atoms with Crippen molar-refractivity contribution in [2.45, 2.75) is 23.1 Å². The van der Waals surface area contributed by atoms with Gasteiger partial charge in [0.25, 0.3) is 5.91 Å². The van der Waals surface area contributed by atoms with Crippen LogP contribution < -0.4 is 16.0 Å². The minimum Gasteiger partial charge on any atom is -0.326 e. The summed E-state index contributed by atoms with van der Waals surface area (Å²) in [5.41, 5.74) is -2.09. The summed E-state index contributed by atoms with van der Waals surface area (Å²) in [5.74, 6) is -13.0. The van der Waals surface area contributed by atoms with E-state index in [1.807, 2.05) is 5.32 Å². The van der Waals surface area contributed by atoms with Crippen molar-refractivity contribution in [3.05, 3.63) is 52.6 Å². The molecular weight excluding hydrogens is 551 g/mol. The van der Waals surface area contributed by atoms with Gasteiger partial charge in [-0.1, -0.05) is 11.6 Å². The fraction of sp³-hybridized carbons (Fsp3) is 0.250. The van der Waals surface area contributed by atoms with Gasteiger partial charge in [-0.15, -0.1) is 23.2 Å². The zero-order chi connectivity index (χ0) is 26.3. The van der Waals surface area contributed by atoms with Gasteiger partial charge in [-0.2, -0.15) is 8.78 Å². The molecule has 2 aromatic carbocycles. The lowest BCUT2D eigenvalue weighted by Crippen LogP contribution is -2.41. The number of alkyl halides is 6. The van der Waals surface area contributed by atoms with E-state index in [2.05, 4.69) is 5.32 Å². The summed E-state index contributed by atoms with van der Waals surface area (Å²) in [7, 11) is 0. The van der Waals surface area contributed by atoms with Gasteiger partial charge in [-0.3, -0.25) is 14.4 Å². The molecule has 188 valence electrons. The predicted molar refractivity (Wildman–Crippen MR) is 117 cm³/mol. The predicted octanol–water partition coefficient (Wildman–Crippen LogP) is 5.84. The first-order valence-corrected chi connectivity index (χ1v) is 10.5. The van der Waals surface area contributed by atoms with Crippen molar-refractivity contribution in [3.8, 4) is 0 Å². The second kappa shape index (κ2) is 9.75. The SMILES string of the molecule is O=C(Nc1cc(NC(=O)C(F)(F)C(F)F)c(F)cc1F)c1cc(NC(=O)C2CC2(Cl)Cl)ccc1Cl. The topological polar surface area (TPSA) is 87.3 Å². The van der Waals surface area contributed by atoms with Crippen molar-refractivity contribution in [2.75, 3.05) is 16.0 Å². The third-order valence-corrected chi connectivity index (χ3v) is 5.92. The molecule has 0 radical (unpaired) electrons. The molecule has 35 heavy (non-hydrogen) atoms. The second-order valence-corrected chi connectivity index (χ2v) is 9.30. The third kappa shape index (κ3) is 5.93.